The molecule has 0 fully saturated rings. The lowest BCUT2D eigenvalue weighted by atomic mass is 10.2. The molecule has 0 spiro atoms. The van der Waals surface area contributed by atoms with Gasteiger partial charge in [-0.2, -0.15) is 0 Å². The van der Waals surface area contributed by atoms with Gasteiger partial charge in [-0.15, -0.1) is 0 Å². The molecular formula is C7H12N4. The number of aromatic nitrogens is 1. The van der Waals surface area contributed by atoms with Gasteiger partial charge in [0.25, 0.3) is 0 Å². The minimum atomic E-state index is 0.518. The van der Waals surface area contributed by atoms with Gasteiger partial charge in [0.1, 0.15) is 5.82 Å². The number of nitrogens with two attached hydrogens (primary N) is 3. The number of hydrogen-bond donors (Lipinski definition) is 3. The SMILES string of the molecule is NCCc1cc(N)cnc1N. The van der Waals surface area contributed by atoms with Gasteiger partial charge in [-0.1, -0.05) is 0 Å². The van der Waals surface area contributed by atoms with Crippen LogP contribution >= 0.6 is 0 Å². The Morgan fingerprint density at radius 1 is 1.36 bits per heavy atom. The van der Waals surface area contributed by atoms with Crippen LogP contribution in [-0.2, 0) is 6.42 Å². The molecule has 0 aromatic carbocycles. The number of nitrogens with zero attached hydrogens (tertiary/aromatic N) is 1. The second kappa shape index (κ2) is 3.21. The summed E-state index contributed by atoms with van der Waals surface area (Å²) in [5.41, 5.74) is 18.0. The Balaban J connectivity index is 2.93. The topological polar surface area (TPSA) is 91.0 Å². The molecule has 0 amide bonds. The molecule has 1 rings (SSSR count). The van der Waals surface area contributed by atoms with Crippen LogP contribution in [0.5, 0.6) is 0 Å². The molecule has 1 aromatic heterocycles. The normalized spacial score (nSPS) is 9.91. The molecule has 0 saturated carbocycles. The average molecular weight is 152 g/mol. The highest BCUT2D eigenvalue weighted by Gasteiger charge is 1.98. The van der Waals surface area contributed by atoms with E-state index in [0.29, 0.717) is 18.1 Å². The van der Waals surface area contributed by atoms with E-state index in [9.17, 15) is 0 Å². The summed E-state index contributed by atoms with van der Waals surface area (Å²) in [6, 6.07) is 1.80. The second-order valence-corrected chi connectivity index (χ2v) is 2.35. The molecule has 0 bridgehead atoms. The molecule has 0 aliphatic heterocycles. The van der Waals surface area contributed by atoms with Crippen LogP contribution in [-0.4, -0.2) is 11.5 Å². The summed E-state index contributed by atoms with van der Waals surface area (Å²) < 4.78 is 0. The van der Waals surface area contributed by atoms with E-state index in [1.165, 1.54) is 6.20 Å². The van der Waals surface area contributed by atoms with Crippen LogP contribution in [0.2, 0.25) is 0 Å². The largest absolute Gasteiger partial charge is 0.397 e. The predicted octanol–water partition coefficient (Wildman–Crippen LogP) is -0.253. The van der Waals surface area contributed by atoms with Crippen LogP contribution in [0.25, 0.3) is 0 Å². The molecule has 0 radical (unpaired) electrons. The lowest BCUT2D eigenvalue weighted by Crippen LogP contribution is -2.07. The molecule has 0 saturated heterocycles. The smallest absolute Gasteiger partial charge is 0.126 e. The number of anilines is 2. The van der Waals surface area contributed by atoms with Gasteiger partial charge in [-0.25, -0.2) is 4.98 Å². The molecular weight excluding hydrogens is 140 g/mol. The minimum absolute atomic E-state index is 0.518. The van der Waals surface area contributed by atoms with Gasteiger partial charge in [-0.3, -0.25) is 0 Å². The number of pyridine rings is 1. The first-order chi connectivity index (χ1) is 5.24. The van der Waals surface area contributed by atoms with E-state index in [1.807, 2.05) is 0 Å². The van der Waals surface area contributed by atoms with Gasteiger partial charge >= 0.3 is 0 Å². The predicted molar refractivity (Wildman–Crippen MR) is 45.8 cm³/mol. The monoisotopic (exact) mass is 152 g/mol. The molecule has 6 N–H and O–H groups in total. The summed E-state index contributed by atoms with van der Waals surface area (Å²) in [5, 5.41) is 0. The summed E-state index contributed by atoms with van der Waals surface area (Å²) in [6.07, 6.45) is 2.26. The minimum Gasteiger partial charge on any atom is -0.397 e. The number of rotatable bonds is 2. The third kappa shape index (κ3) is 1.81. The first kappa shape index (κ1) is 7.81. The molecule has 1 heterocycles. The van der Waals surface area contributed by atoms with Gasteiger partial charge in [0.2, 0.25) is 0 Å². The van der Waals surface area contributed by atoms with Crippen LogP contribution < -0.4 is 17.2 Å². The summed E-state index contributed by atoms with van der Waals surface area (Å²) in [6.45, 7) is 0.565. The van der Waals surface area contributed by atoms with Crippen LogP contribution in [0.1, 0.15) is 5.56 Å². The molecule has 0 unspecified atom stereocenters. The van der Waals surface area contributed by atoms with E-state index < -0.39 is 0 Å². The Labute approximate surface area is 65.4 Å². The molecule has 11 heavy (non-hydrogen) atoms. The molecule has 0 aliphatic rings. The van der Waals surface area contributed by atoms with Crippen LogP contribution in [0, 0.1) is 0 Å². The maximum Gasteiger partial charge on any atom is 0.126 e. The number of nitrogen functional groups attached to an aromatic ring is 2. The zero-order valence-corrected chi connectivity index (χ0v) is 6.25. The van der Waals surface area contributed by atoms with E-state index in [2.05, 4.69) is 4.98 Å². The molecule has 4 nitrogen and oxygen atoms in total. The third-order valence-corrected chi connectivity index (χ3v) is 1.44. The fourth-order valence-electron chi connectivity index (χ4n) is 0.895. The van der Waals surface area contributed by atoms with Crippen molar-refractivity contribution in [3.63, 3.8) is 0 Å². The second-order valence-electron chi connectivity index (χ2n) is 2.35. The van der Waals surface area contributed by atoms with E-state index >= 15 is 0 Å². The summed E-state index contributed by atoms with van der Waals surface area (Å²) in [7, 11) is 0. The molecule has 0 atom stereocenters. The van der Waals surface area contributed by atoms with E-state index in [1.54, 1.807) is 6.07 Å². The van der Waals surface area contributed by atoms with Crippen molar-refractivity contribution in [3.05, 3.63) is 17.8 Å². The fourth-order valence-corrected chi connectivity index (χ4v) is 0.895. The van der Waals surface area contributed by atoms with Crippen LogP contribution in [0.15, 0.2) is 12.3 Å². The Kier molecular flexibility index (Phi) is 2.28. The zero-order chi connectivity index (χ0) is 8.27. The Hall–Kier alpha value is -1.29. The lowest BCUT2D eigenvalue weighted by Gasteiger charge is -2.02. The molecule has 0 aliphatic carbocycles. The third-order valence-electron chi connectivity index (χ3n) is 1.44. The first-order valence-electron chi connectivity index (χ1n) is 3.44. The van der Waals surface area contributed by atoms with E-state index in [0.717, 1.165) is 12.0 Å². The van der Waals surface area contributed by atoms with Crippen molar-refractivity contribution >= 4 is 11.5 Å². The van der Waals surface area contributed by atoms with Gasteiger partial charge in [-0.05, 0) is 24.6 Å². The van der Waals surface area contributed by atoms with Gasteiger partial charge in [0, 0.05) is 0 Å². The Morgan fingerprint density at radius 3 is 2.73 bits per heavy atom. The van der Waals surface area contributed by atoms with Crippen molar-refractivity contribution in [2.24, 2.45) is 5.73 Å². The maximum absolute atomic E-state index is 5.55. The highest BCUT2D eigenvalue weighted by Crippen LogP contribution is 2.11. The molecule has 4 heteroatoms. The summed E-state index contributed by atoms with van der Waals surface area (Å²) in [4.78, 5) is 3.89. The highest BCUT2D eigenvalue weighted by atomic mass is 14.8. The maximum atomic E-state index is 5.55. The molecule has 1 aromatic rings. The van der Waals surface area contributed by atoms with Crippen molar-refractivity contribution in [1.82, 2.24) is 4.98 Å². The van der Waals surface area contributed by atoms with Crippen molar-refractivity contribution < 1.29 is 0 Å². The Morgan fingerprint density at radius 2 is 2.09 bits per heavy atom. The van der Waals surface area contributed by atoms with Crippen molar-refractivity contribution in [3.8, 4) is 0 Å². The van der Waals surface area contributed by atoms with Crippen molar-refractivity contribution in [1.29, 1.82) is 0 Å². The van der Waals surface area contributed by atoms with Crippen LogP contribution in [0.4, 0.5) is 11.5 Å². The quantitative estimate of drug-likeness (QED) is 0.545. The van der Waals surface area contributed by atoms with Crippen molar-refractivity contribution in [2.75, 3.05) is 18.0 Å². The van der Waals surface area contributed by atoms with Crippen LogP contribution in [0.3, 0.4) is 0 Å². The average Bonchev–Trinajstić information content (AvgIpc) is 1.98. The fraction of sp³-hybridized carbons (Fsp3) is 0.286. The zero-order valence-electron chi connectivity index (χ0n) is 6.25. The number of hydrogen-bond acceptors (Lipinski definition) is 4. The molecule has 60 valence electrons. The lowest BCUT2D eigenvalue weighted by molar-refractivity contribution is 0.964. The highest BCUT2D eigenvalue weighted by molar-refractivity contribution is 5.48. The van der Waals surface area contributed by atoms with Gasteiger partial charge in [0.15, 0.2) is 0 Å². The van der Waals surface area contributed by atoms with E-state index in [-0.39, 0.29) is 0 Å². The van der Waals surface area contributed by atoms with E-state index in [4.69, 9.17) is 17.2 Å². The summed E-state index contributed by atoms with van der Waals surface area (Å²) in [5.74, 6) is 0.518. The summed E-state index contributed by atoms with van der Waals surface area (Å²) >= 11 is 0. The van der Waals surface area contributed by atoms with Crippen molar-refractivity contribution in [2.45, 2.75) is 6.42 Å². The Bertz CT molecular complexity index is 246. The first-order valence-corrected chi connectivity index (χ1v) is 3.44. The van der Waals surface area contributed by atoms with Gasteiger partial charge < -0.3 is 17.2 Å². The standard InChI is InChI=1S/C7H12N4/c8-2-1-5-3-6(9)4-11-7(5)10/h3-4H,1-2,8-9H2,(H2,10,11). The van der Waals surface area contributed by atoms with Gasteiger partial charge in [0.05, 0.1) is 11.9 Å².